The number of carboxylic acid groups (broad SMARTS) is 2. The van der Waals surface area contributed by atoms with Crippen LogP contribution in [0.3, 0.4) is 0 Å². The molecule has 0 unspecified atom stereocenters. The first kappa shape index (κ1) is 45.1. The van der Waals surface area contributed by atoms with Gasteiger partial charge in [-0.1, -0.05) is 20.3 Å². The molecule has 21 nitrogen and oxygen atoms in total. The number of carbonyl (C=O) groups excluding carboxylic acids is 7. The summed E-state index contributed by atoms with van der Waals surface area (Å²) in [5.41, 5.74) is 16.5. The minimum Gasteiger partial charge on any atom is -0.481 e. The van der Waals surface area contributed by atoms with Gasteiger partial charge in [0.15, 0.2) is 0 Å². The van der Waals surface area contributed by atoms with E-state index >= 15 is 0 Å². The second kappa shape index (κ2) is 22.7. The predicted octanol–water partition coefficient (Wildman–Crippen LogP) is -5.14. The summed E-state index contributed by atoms with van der Waals surface area (Å²) < 4.78 is 0. The molecule has 0 radical (unpaired) electrons. The van der Waals surface area contributed by atoms with Gasteiger partial charge in [-0.2, -0.15) is 0 Å². The average molecular weight is 718 g/mol. The van der Waals surface area contributed by atoms with E-state index < -0.39 is 115 Å². The zero-order chi connectivity index (χ0) is 38.7. The number of hydrogen-bond donors (Lipinski definition) is 12. The van der Waals surface area contributed by atoms with E-state index in [0.29, 0.717) is 19.4 Å². The molecule has 284 valence electrons. The molecule has 0 aliphatic rings. The first-order valence-corrected chi connectivity index (χ1v) is 15.9. The molecule has 0 saturated carbocycles. The van der Waals surface area contributed by atoms with Crippen LogP contribution in [-0.2, 0) is 43.2 Å². The fourth-order valence-corrected chi connectivity index (χ4v) is 4.21. The second-order valence-corrected chi connectivity index (χ2v) is 11.9. The predicted molar refractivity (Wildman–Crippen MR) is 174 cm³/mol. The highest BCUT2D eigenvalue weighted by molar-refractivity contribution is 5.97. The van der Waals surface area contributed by atoms with Crippen LogP contribution in [0, 0.1) is 5.92 Å². The number of carboxylic acids is 2. The van der Waals surface area contributed by atoms with Crippen LogP contribution in [0.2, 0.25) is 0 Å². The molecule has 0 fully saturated rings. The fourth-order valence-electron chi connectivity index (χ4n) is 4.21. The lowest BCUT2D eigenvalue weighted by Gasteiger charge is -2.28. The molecule has 50 heavy (non-hydrogen) atoms. The third-order valence-corrected chi connectivity index (χ3v) is 7.12. The highest BCUT2D eigenvalue weighted by Crippen LogP contribution is 2.06. The lowest BCUT2D eigenvalue weighted by atomic mass is 10.0. The Morgan fingerprint density at radius 1 is 0.680 bits per heavy atom. The average Bonchev–Trinajstić information content (AvgIpc) is 3.01. The molecule has 7 atom stereocenters. The summed E-state index contributed by atoms with van der Waals surface area (Å²) >= 11 is 0. The van der Waals surface area contributed by atoms with Gasteiger partial charge < -0.3 is 64.4 Å². The van der Waals surface area contributed by atoms with E-state index in [2.05, 4.69) is 26.6 Å². The van der Waals surface area contributed by atoms with Crippen LogP contribution in [-0.4, -0.2) is 124 Å². The van der Waals surface area contributed by atoms with Gasteiger partial charge in [-0.15, -0.1) is 0 Å². The third-order valence-electron chi connectivity index (χ3n) is 7.12. The number of rotatable bonds is 24. The van der Waals surface area contributed by atoms with Gasteiger partial charge >= 0.3 is 11.9 Å². The maximum absolute atomic E-state index is 13.1. The van der Waals surface area contributed by atoms with Crippen LogP contribution in [0.25, 0.3) is 0 Å². The van der Waals surface area contributed by atoms with Crippen molar-refractivity contribution < 1.29 is 58.5 Å². The fraction of sp³-hybridized carbons (Fsp3) is 0.690. The quantitative estimate of drug-likeness (QED) is 0.0416. The summed E-state index contributed by atoms with van der Waals surface area (Å²) in [6.45, 7) is 5.12. The van der Waals surface area contributed by atoms with Crippen molar-refractivity contribution in [2.45, 2.75) is 109 Å². The molecule has 0 saturated heterocycles. The number of aliphatic carboxylic acids is 2. The minimum atomic E-state index is -1.75. The maximum Gasteiger partial charge on any atom is 0.326 e. The molecule has 0 aromatic heterocycles. The van der Waals surface area contributed by atoms with Gasteiger partial charge in [0.1, 0.15) is 30.2 Å². The van der Waals surface area contributed by atoms with Gasteiger partial charge in [0.05, 0.1) is 25.1 Å². The number of nitrogens with two attached hydrogens (primary N) is 3. The summed E-state index contributed by atoms with van der Waals surface area (Å²) in [4.78, 5) is 110. The van der Waals surface area contributed by atoms with E-state index in [4.69, 9.17) is 27.4 Å². The molecule has 0 rings (SSSR count). The maximum atomic E-state index is 13.1. The van der Waals surface area contributed by atoms with Crippen molar-refractivity contribution >= 4 is 53.3 Å². The summed E-state index contributed by atoms with van der Waals surface area (Å²) in [5, 5.41) is 41.7. The van der Waals surface area contributed by atoms with Crippen LogP contribution < -0.4 is 49.1 Å². The second-order valence-electron chi connectivity index (χ2n) is 11.9. The van der Waals surface area contributed by atoms with Crippen molar-refractivity contribution in [1.82, 2.24) is 31.9 Å². The van der Waals surface area contributed by atoms with Gasteiger partial charge in [0.25, 0.3) is 0 Å². The van der Waals surface area contributed by atoms with Crippen molar-refractivity contribution in [3.05, 3.63) is 0 Å². The molecular formula is C29H51N9O12. The van der Waals surface area contributed by atoms with E-state index in [-0.39, 0.29) is 19.3 Å². The molecule has 0 bridgehead atoms. The Balaban J connectivity index is 5.51. The summed E-state index contributed by atoms with van der Waals surface area (Å²) in [6.07, 6.45) is -1.45. The Morgan fingerprint density at radius 2 is 1.28 bits per heavy atom. The SMILES string of the molecule is CC(C)[C@H](NC(=O)[C@@H](NC(=O)[C@H](C)NC(=O)[C@H](CCC(N)=O)NC(=O)[C@@H](N)CCCCN)[C@@H](C)O)C(=O)NCC(=O)N[C@@H](CC(=O)O)C(=O)O. The number of unbranched alkanes of at least 4 members (excludes halogenated alkanes) is 1. The van der Waals surface area contributed by atoms with Crippen LogP contribution >= 0.6 is 0 Å². The van der Waals surface area contributed by atoms with Gasteiger partial charge in [-0.05, 0) is 45.6 Å². The van der Waals surface area contributed by atoms with Gasteiger partial charge in [-0.25, -0.2) is 4.79 Å². The highest BCUT2D eigenvalue weighted by atomic mass is 16.4. The van der Waals surface area contributed by atoms with Crippen molar-refractivity contribution in [3.63, 3.8) is 0 Å². The highest BCUT2D eigenvalue weighted by Gasteiger charge is 2.34. The molecule has 0 aromatic carbocycles. The summed E-state index contributed by atoms with van der Waals surface area (Å²) in [6, 6.07) is -8.35. The number of carbonyl (C=O) groups is 9. The van der Waals surface area contributed by atoms with Gasteiger partial charge in [0.2, 0.25) is 41.4 Å². The number of aliphatic hydroxyl groups is 1. The van der Waals surface area contributed by atoms with Gasteiger partial charge in [-0.3, -0.25) is 38.4 Å². The molecule has 0 aliphatic carbocycles. The largest absolute Gasteiger partial charge is 0.481 e. The first-order valence-electron chi connectivity index (χ1n) is 15.9. The van der Waals surface area contributed by atoms with Crippen LogP contribution in [0.5, 0.6) is 0 Å². The van der Waals surface area contributed by atoms with E-state index in [0.717, 1.165) is 0 Å². The zero-order valence-corrected chi connectivity index (χ0v) is 28.5. The zero-order valence-electron chi connectivity index (χ0n) is 28.5. The van der Waals surface area contributed by atoms with Crippen molar-refractivity contribution in [3.8, 4) is 0 Å². The first-order chi connectivity index (χ1) is 23.2. The Kier molecular flexibility index (Phi) is 20.5. The van der Waals surface area contributed by atoms with Crippen LogP contribution in [0.4, 0.5) is 0 Å². The van der Waals surface area contributed by atoms with E-state index in [1.54, 1.807) is 0 Å². The Hall–Kier alpha value is -4.89. The van der Waals surface area contributed by atoms with E-state index in [9.17, 15) is 48.3 Å². The molecular weight excluding hydrogens is 666 g/mol. The van der Waals surface area contributed by atoms with Crippen molar-refractivity contribution in [2.24, 2.45) is 23.1 Å². The molecule has 0 heterocycles. The molecule has 21 heteroatoms. The van der Waals surface area contributed by atoms with Gasteiger partial charge in [0, 0.05) is 6.42 Å². The monoisotopic (exact) mass is 717 g/mol. The van der Waals surface area contributed by atoms with E-state index in [1.165, 1.54) is 27.7 Å². The third kappa shape index (κ3) is 17.5. The Labute approximate surface area is 288 Å². The topological polar surface area (TPSA) is 365 Å². The number of nitrogens with one attached hydrogen (secondary N) is 6. The molecule has 7 amide bonds. The lowest BCUT2D eigenvalue weighted by molar-refractivity contribution is -0.147. The number of aliphatic hydroxyl groups excluding tert-OH is 1. The number of primary amides is 1. The van der Waals surface area contributed by atoms with E-state index in [1.807, 2.05) is 5.32 Å². The number of amides is 7. The normalized spacial score (nSPS) is 15.1. The summed E-state index contributed by atoms with van der Waals surface area (Å²) in [7, 11) is 0. The molecule has 15 N–H and O–H groups in total. The van der Waals surface area contributed by atoms with Crippen LogP contribution in [0.1, 0.15) is 66.2 Å². The van der Waals surface area contributed by atoms with Crippen molar-refractivity contribution in [1.29, 1.82) is 0 Å². The Bertz CT molecular complexity index is 1230. The smallest absolute Gasteiger partial charge is 0.326 e. The molecule has 0 aromatic rings. The minimum absolute atomic E-state index is 0.210. The Morgan fingerprint density at radius 3 is 1.78 bits per heavy atom. The standard InChI is InChI=1S/C29H51N9O12/c1-13(2)22(27(47)33-12-20(41)35-18(29(49)50)11-21(42)43)37-28(48)23(15(4)39)38-24(44)14(3)34-26(46)17(8-9-19(32)40)36-25(45)16(31)7-5-6-10-30/h13-18,22-23,39H,5-12,30-31H2,1-4H3,(H2,32,40)(H,33,47)(H,34,46)(H,35,41)(H,36,45)(H,37,48)(H,38,44)(H,42,43)(H,49,50)/t14-,15+,16-,17-,18-,22-,23-/m0/s1. The van der Waals surface area contributed by atoms with Crippen LogP contribution in [0.15, 0.2) is 0 Å². The summed E-state index contributed by atoms with van der Waals surface area (Å²) in [5.74, 6) is -9.88. The molecule has 0 aliphatic heterocycles. The lowest BCUT2D eigenvalue weighted by Crippen LogP contribution is -2.61. The number of hydrogen-bond acceptors (Lipinski definition) is 12. The van der Waals surface area contributed by atoms with Crippen molar-refractivity contribution in [2.75, 3.05) is 13.1 Å². The molecule has 0 spiro atoms.